The Labute approximate surface area is 231 Å². The summed E-state index contributed by atoms with van der Waals surface area (Å²) < 4.78 is 44.1. The minimum atomic E-state index is -4.65. The van der Waals surface area contributed by atoms with Crippen LogP contribution in [-0.2, 0) is 10.9 Å². The van der Waals surface area contributed by atoms with E-state index in [-0.39, 0.29) is 11.6 Å². The van der Waals surface area contributed by atoms with Gasteiger partial charge in [-0.2, -0.15) is 23.3 Å². The third kappa shape index (κ3) is 6.96. The third-order valence-corrected chi connectivity index (χ3v) is 5.72. The van der Waals surface area contributed by atoms with Crippen LogP contribution in [-0.4, -0.2) is 39.2 Å². The monoisotopic (exact) mass is 573 g/mol. The fourth-order valence-electron chi connectivity index (χ4n) is 3.55. The molecule has 40 heavy (non-hydrogen) atoms. The average Bonchev–Trinajstić information content (AvgIpc) is 3.33. The van der Waals surface area contributed by atoms with Crippen LogP contribution in [0.1, 0.15) is 22.5 Å². The first-order chi connectivity index (χ1) is 18.9. The first kappa shape index (κ1) is 28.2. The van der Waals surface area contributed by atoms with E-state index in [0.29, 0.717) is 40.3 Å². The summed E-state index contributed by atoms with van der Waals surface area (Å²) in [4.78, 5) is 21.2. The van der Waals surface area contributed by atoms with Crippen LogP contribution in [0, 0.1) is 19.3 Å². The number of aromatic nitrogens is 4. The number of hydrogen-bond acceptors (Lipinski definition) is 8. The molecule has 2 heterocycles. The molecule has 6 N–H and O–H groups in total. The highest BCUT2D eigenvalue weighted by Crippen LogP contribution is 2.36. The summed E-state index contributed by atoms with van der Waals surface area (Å²) in [6.45, 7) is 3.60. The molecule has 0 spiro atoms. The number of H-pyrrole nitrogens is 1. The van der Waals surface area contributed by atoms with Crippen LogP contribution < -0.4 is 21.3 Å². The van der Waals surface area contributed by atoms with Gasteiger partial charge in [0.05, 0.1) is 17.7 Å². The van der Waals surface area contributed by atoms with Gasteiger partial charge < -0.3 is 26.0 Å². The Morgan fingerprint density at radius 1 is 1.00 bits per heavy atom. The van der Waals surface area contributed by atoms with Gasteiger partial charge in [-0.05, 0) is 55.8 Å². The van der Waals surface area contributed by atoms with Crippen molar-refractivity contribution in [2.45, 2.75) is 20.0 Å². The van der Waals surface area contributed by atoms with Crippen LogP contribution >= 0.6 is 11.6 Å². The quantitative estimate of drug-likeness (QED) is 0.108. The molecule has 0 saturated heterocycles. The normalized spacial score (nSPS) is 11.1. The molecule has 0 aliphatic carbocycles. The van der Waals surface area contributed by atoms with Crippen molar-refractivity contribution in [2.24, 2.45) is 0 Å². The van der Waals surface area contributed by atoms with Crippen molar-refractivity contribution >= 4 is 58.2 Å². The largest absolute Gasteiger partial charge is 0.480 e. The molecule has 0 atom stereocenters. The van der Waals surface area contributed by atoms with Crippen molar-refractivity contribution in [2.75, 3.05) is 28.4 Å². The molecule has 2 aromatic heterocycles. The number of aryl methyl sites for hydroxylation is 2. The molecule has 2 aromatic carbocycles. The van der Waals surface area contributed by atoms with Crippen LogP contribution in [0.2, 0.25) is 5.02 Å². The predicted octanol–water partition coefficient (Wildman–Crippen LogP) is 6.59. The number of methoxy groups -OCH3 is 1. The number of alkyl halides is 3. The summed E-state index contributed by atoms with van der Waals surface area (Å²) in [5.74, 6) is 1.19. The van der Waals surface area contributed by atoms with Crippen molar-refractivity contribution in [3.8, 4) is 0 Å². The number of benzene rings is 2. The molecular formula is C25H23ClF3N9O2. The zero-order chi connectivity index (χ0) is 29.0. The Kier molecular flexibility index (Phi) is 8.09. The minimum absolute atomic E-state index is 0.0615. The standard InChI is InChI=1S/C25H23ClF3N9O2/c1-12-8-14(32-24(39)33-15-4-6-17(26)16(10-15)25(27,28)29)5-7-18(12)34-23-31-13(2)9-20(36-23)35-21-11-19(37-38-21)22(30)40-3/h4-11,30H,1-3H3,(H2,32,33,39)(H3,31,34,35,36,37,38). The summed E-state index contributed by atoms with van der Waals surface area (Å²) in [5, 5.41) is 25.1. The second kappa shape index (κ2) is 11.5. The smallest absolute Gasteiger partial charge is 0.417 e. The fourth-order valence-corrected chi connectivity index (χ4v) is 3.77. The van der Waals surface area contributed by atoms with E-state index in [2.05, 4.69) is 41.4 Å². The molecule has 4 rings (SSSR count). The van der Waals surface area contributed by atoms with E-state index >= 15 is 0 Å². The number of rotatable bonds is 7. The molecule has 2 amide bonds. The second-order valence-electron chi connectivity index (χ2n) is 8.47. The first-order valence-electron chi connectivity index (χ1n) is 11.5. The summed E-state index contributed by atoms with van der Waals surface area (Å²) >= 11 is 5.63. The van der Waals surface area contributed by atoms with Crippen LogP contribution in [0.15, 0.2) is 48.5 Å². The number of hydrogen-bond donors (Lipinski definition) is 6. The number of aromatic amines is 1. The summed E-state index contributed by atoms with van der Waals surface area (Å²) in [6.07, 6.45) is -4.65. The first-order valence-corrected chi connectivity index (χ1v) is 11.9. The van der Waals surface area contributed by atoms with Gasteiger partial charge in [-0.25, -0.2) is 9.78 Å². The number of anilines is 6. The number of carbonyl (C=O) groups excluding carboxylic acids is 1. The highest BCUT2D eigenvalue weighted by atomic mass is 35.5. The maximum absolute atomic E-state index is 13.1. The Hall–Kier alpha value is -4.85. The number of nitrogens with zero attached hydrogens (tertiary/aromatic N) is 3. The van der Waals surface area contributed by atoms with Crippen LogP contribution in [0.3, 0.4) is 0 Å². The molecule has 0 fully saturated rings. The van der Waals surface area contributed by atoms with Crippen LogP contribution in [0.4, 0.5) is 52.6 Å². The Morgan fingerprint density at radius 3 is 2.38 bits per heavy atom. The van der Waals surface area contributed by atoms with Crippen LogP contribution in [0.25, 0.3) is 0 Å². The minimum Gasteiger partial charge on any atom is -0.480 e. The zero-order valence-corrected chi connectivity index (χ0v) is 22.0. The van der Waals surface area contributed by atoms with Gasteiger partial charge in [-0.3, -0.25) is 10.5 Å². The molecule has 0 saturated carbocycles. The highest BCUT2D eigenvalue weighted by molar-refractivity contribution is 6.31. The number of amides is 2. The molecule has 0 bridgehead atoms. The fraction of sp³-hybridized carbons (Fsp3) is 0.160. The molecular weight excluding hydrogens is 551 g/mol. The molecule has 4 aromatic rings. The number of ether oxygens (including phenoxy) is 1. The van der Waals surface area contributed by atoms with Crippen molar-refractivity contribution < 1.29 is 22.7 Å². The van der Waals surface area contributed by atoms with Gasteiger partial charge in [-0.1, -0.05) is 11.6 Å². The molecule has 0 aliphatic rings. The van der Waals surface area contributed by atoms with Gasteiger partial charge in [0.25, 0.3) is 0 Å². The lowest BCUT2D eigenvalue weighted by atomic mass is 10.1. The maximum atomic E-state index is 13.1. The lowest BCUT2D eigenvalue weighted by Crippen LogP contribution is -2.20. The highest BCUT2D eigenvalue weighted by Gasteiger charge is 2.33. The van der Waals surface area contributed by atoms with Crippen molar-refractivity contribution in [1.29, 1.82) is 5.41 Å². The van der Waals surface area contributed by atoms with E-state index in [1.54, 1.807) is 44.2 Å². The molecule has 11 nitrogen and oxygen atoms in total. The van der Waals surface area contributed by atoms with Gasteiger partial charge in [0.15, 0.2) is 0 Å². The van der Waals surface area contributed by atoms with E-state index in [9.17, 15) is 18.0 Å². The Bertz CT molecular complexity index is 1570. The van der Waals surface area contributed by atoms with Crippen molar-refractivity contribution in [1.82, 2.24) is 20.2 Å². The number of urea groups is 1. The van der Waals surface area contributed by atoms with E-state index in [0.717, 1.165) is 17.7 Å². The SMILES string of the molecule is COC(=N)c1cc(Nc2cc(C)nc(Nc3ccc(NC(=O)Nc4ccc(Cl)c(C(F)(F)F)c4)cc3C)n2)[nH]n1. The van der Waals surface area contributed by atoms with E-state index < -0.39 is 22.8 Å². The van der Waals surface area contributed by atoms with E-state index in [1.165, 1.54) is 13.2 Å². The Balaban J connectivity index is 1.42. The molecule has 0 radical (unpaired) electrons. The number of nitrogens with one attached hydrogen (secondary N) is 6. The van der Waals surface area contributed by atoms with Gasteiger partial charge >= 0.3 is 12.2 Å². The lowest BCUT2D eigenvalue weighted by Gasteiger charge is -2.14. The van der Waals surface area contributed by atoms with E-state index in [1.807, 2.05) is 0 Å². The Morgan fingerprint density at radius 2 is 1.70 bits per heavy atom. The van der Waals surface area contributed by atoms with Crippen molar-refractivity contribution in [3.63, 3.8) is 0 Å². The summed E-state index contributed by atoms with van der Waals surface area (Å²) in [7, 11) is 1.38. The molecule has 0 aliphatic heterocycles. The predicted molar refractivity (Wildman–Crippen MR) is 146 cm³/mol. The summed E-state index contributed by atoms with van der Waals surface area (Å²) in [6, 6.07) is 10.7. The number of halogens is 4. The third-order valence-electron chi connectivity index (χ3n) is 5.39. The van der Waals surface area contributed by atoms with E-state index in [4.69, 9.17) is 21.7 Å². The molecule has 15 heteroatoms. The van der Waals surface area contributed by atoms with Gasteiger partial charge in [-0.15, -0.1) is 0 Å². The summed E-state index contributed by atoms with van der Waals surface area (Å²) in [5.41, 5.74) is 1.70. The maximum Gasteiger partial charge on any atom is 0.417 e. The second-order valence-corrected chi connectivity index (χ2v) is 8.88. The molecule has 0 unspecified atom stereocenters. The average molecular weight is 574 g/mol. The van der Waals surface area contributed by atoms with Gasteiger partial charge in [0, 0.05) is 34.9 Å². The topological polar surface area (TPSA) is 153 Å². The number of carbonyl (C=O) groups is 1. The van der Waals surface area contributed by atoms with Gasteiger partial charge in [0.1, 0.15) is 17.3 Å². The van der Waals surface area contributed by atoms with Crippen molar-refractivity contribution in [3.05, 3.63) is 76.1 Å². The molecule has 208 valence electrons. The zero-order valence-electron chi connectivity index (χ0n) is 21.3. The lowest BCUT2D eigenvalue weighted by molar-refractivity contribution is -0.137. The van der Waals surface area contributed by atoms with Crippen LogP contribution in [0.5, 0.6) is 0 Å². The van der Waals surface area contributed by atoms with Gasteiger partial charge in [0.2, 0.25) is 11.8 Å².